The normalized spacial score (nSPS) is 18.2. The third-order valence-electron chi connectivity index (χ3n) is 6.88. The number of hydrogen-bond acceptors (Lipinski definition) is 5. The Labute approximate surface area is 191 Å². The van der Waals surface area contributed by atoms with Gasteiger partial charge >= 0.3 is 0 Å². The van der Waals surface area contributed by atoms with Crippen LogP contribution in [0.25, 0.3) is 10.9 Å². The van der Waals surface area contributed by atoms with E-state index in [1.54, 1.807) is 10.9 Å². The maximum Gasteiger partial charge on any atom is 0.254 e. The molecule has 170 valence electrons. The van der Waals surface area contributed by atoms with E-state index in [4.69, 9.17) is 5.73 Å². The van der Waals surface area contributed by atoms with Crippen LogP contribution in [0.5, 0.6) is 0 Å². The van der Waals surface area contributed by atoms with Crippen molar-refractivity contribution in [3.63, 3.8) is 0 Å². The van der Waals surface area contributed by atoms with Crippen molar-refractivity contribution in [2.45, 2.75) is 44.2 Å². The number of carbonyl (C=O) groups excluding carboxylic acids is 2. The Morgan fingerprint density at radius 1 is 1.27 bits per heavy atom. The summed E-state index contributed by atoms with van der Waals surface area (Å²) in [4.78, 5) is 29.9. The predicted molar refractivity (Wildman–Crippen MR) is 123 cm³/mol. The summed E-state index contributed by atoms with van der Waals surface area (Å²) in [6.07, 6.45) is 6.93. The SMILES string of the molecule is N#CCC1(n2cc(C(N)=O)c(NC(=O)C3CC3)n2)CCN(Cc2ccc3cc[nH]c3c2)CC1. The van der Waals surface area contributed by atoms with E-state index >= 15 is 0 Å². The van der Waals surface area contributed by atoms with Gasteiger partial charge in [0.2, 0.25) is 5.91 Å². The second-order valence-corrected chi connectivity index (χ2v) is 9.20. The summed E-state index contributed by atoms with van der Waals surface area (Å²) < 4.78 is 1.70. The first-order valence-electron chi connectivity index (χ1n) is 11.3. The minimum Gasteiger partial charge on any atom is -0.365 e. The molecule has 9 heteroatoms. The van der Waals surface area contributed by atoms with E-state index in [0.717, 1.165) is 38.0 Å². The molecule has 2 fully saturated rings. The lowest BCUT2D eigenvalue weighted by Gasteiger charge is -2.40. The third kappa shape index (κ3) is 4.22. The minimum atomic E-state index is -0.642. The number of nitrogens with zero attached hydrogens (tertiary/aromatic N) is 4. The van der Waals surface area contributed by atoms with Gasteiger partial charge in [0.05, 0.1) is 18.0 Å². The van der Waals surface area contributed by atoms with Gasteiger partial charge in [-0.25, -0.2) is 0 Å². The highest BCUT2D eigenvalue weighted by Crippen LogP contribution is 2.36. The van der Waals surface area contributed by atoms with Crippen LogP contribution in [-0.4, -0.2) is 44.6 Å². The van der Waals surface area contributed by atoms with Crippen LogP contribution < -0.4 is 11.1 Å². The molecule has 0 unspecified atom stereocenters. The van der Waals surface area contributed by atoms with E-state index in [-0.39, 0.29) is 29.6 Å². The van der Waals surface area contributed by atoms with Crippen LogP contribution in [0.3, 0.4) is 0 Å². The fraction of sp³-hybridized carbons (Fsp3) is 0.417. The Morgan fingerprint density at radius 2 is 2.06 bits per heavy atom. The molecule has 0 atom stereocenters. The number of hydrogen-bond donors (Lipinski definition) is 3. The molecular formula is C24H27N7O2. The van der Waals surface area contributed by atoms with Gasteiger partial charge in [-0.15, -0.1) is 0 Å². The number of piperidine rings is 1. The average Bonchev–Trinajstić information content (AvgIpc) is 3.40. The quantitative estimate of drug-likeness (QED) is 0.514. The van der Waals surface area contributed by atoms with Crippen molar-refractivity contribution in [2.24, 2.45) is 11.7 Å². The van der Waals surface area contributed by atoms with Crippen molar-refractivity contribution in [3.05, 3.63) is 47.8 Å². The van der Waals surface area contributed by atoms with E-state index in [1.165, 1.54) is 10.9 Å². The van der Waals surface area contributed by atoms with Crippen molar-refractivity contribution < 1.29 is 9.59 Å². The summed E-state index contributed by atoms with van der Waals surface area (Å²) in [5.41, 5.74) is 7.56. The average molecular weight is 446 g/mol. The molecule has 0 bridgehead atoms. The highest BCUT2D eigenvalue weighted by molar-refractivity contribution is 6.02. The largest absolute Gasteiger partial charge is 0.365 e. The van der Waals surface area contributed by atoms with Crippen molar-refractivity contribution >= 4 is 28.5 Å². The smallest absolute Gasteiger partial charge is 0.254 e. The lowest BCUT2D eigenvalue weighted by molar-refractivity contribution is -0.117. The lowest BCUT2D eigenvalue weighted by Crippen LogP contribution is -2.46. The first kappa shape index (κ1) is 21.2. The topological polar surface area (TPSA) is 133 Å². The van der Waals surface area contributed by atoms with E-state index in [9.17, 15) is 14.9 Å². The number of carbonyl (C=O) groups is 2. The molecule has 33 heavy (non-hydrogen) atoms. The van der Waals surface area contributed by atoms with E-state index in [0.29, 0.717) is 12.8 Å². The zero-order valence-electron chi connectivity index (χ0n) is 18.4. The van der Waals surface area contributed by atoms with Crippen LogP contribution in [0.1, 0.15) is 48.0 Å². The number of aromatic nitrogens is 3. The molecule has 4 N–H and O–H groups in total. The monoisotopic (exact) mass is 445 g/mol. The number of amides is 2. The molecule has 1 aromatic carbocycles. The van der Waals surface area contributed by atoms with E-state index < -0.39 is 11.4 Å². The maximum atomic E-state index is 12.2. The minimum absolute atomic E-state index is 0.0163. The third-order valence-corrected chi connectivity index (χ3v) is 6.88. The summed E-state index contributed by atoms with van der Waals surface area (Å²) in [5.74, 6) is -0.599. The van der Waals surface area contributed by atoms with Gasteiger partial charge < -0.3 is 16.0 Å². The van der Waals surface area contributed by atoms with Crippen molar-refractivity contribution in [1.82, 2.24) is 19.7 Å². The Balaban J connectivity index is 1.33. The van der Waals surface area contributed by atoms with Gasteiger partial charge in [0, 0.05) is 43.5 Å². The summed E-state index contributed by atoms with van der Waals surface area (Å²) in [5, 5.41) is 18.1. The molecule has 2 amide bonds. The molecule has 1 saturated carbocycles. The molecule has 5 rings (SSSR count). The molecule has 1 saturated heterocycles. The number of H-pyrrole nitrogens is 1. The molecular weight excluding hydrogens is 418 g/mol. The highest BCUT2D eigenvalue weighted by atomic mass is 16.2. The molecule has 3 aromatic rings. The number of primary amides is 1. The van der Waals surface area contributed by atoms with Gasteiger partial charge in [0.1, 0.15) is 5.56 Å². The first-order chi connectivity index (χ1) is 16.0. The number of nitriles is 1. The Kier molecular flexibility index (Phi) is 5.38. The first-order valence-corrected chi connectivity index (χ1v) is 11.3. The van der Waals surface area contributed by atoms with E-state index in [2.05, 4.69) is 50.6 Å². The molecule has 2 aliphatic rings. The van der Waals surface area contributed by atoms with Crippen LogP contribution in [-0.2, 0) is 16.9 Å². The van der Waals surface area contributed by atoms with Crippen LogP contribution >= 0.6 is 0 Å². The van der Waals surface area contributed by atoms with Crippen LogP contribution in [0.2, 0.25) is 0 Å². The number of rotatable bonds is 7. The second kappa shape index (κ2) is 8.37. The number of aromatic amines is 1. The molecule has 1 aliphatic heterocycles. The highest BCUT2D eigenvalue weighted by Gasteiger charge is 2.39. The fourth-order valence-corrected chi connectivity index (χ4v) is 4.67. The molecule has 2 aromatic heterocycles. The maximum absolute atomic E-state index is 12.2. The summed E-state index contributed by atoms with van der Waals surface area (Å²) >= 11 is 0. The Bertz CT molecular complexity index is 1240. The van der Waals surface area contributed by atoms with E-state index in [1.807, 2.05) is 6.20 Å². The molecule has 0 radical (unpaired) electrons. The Morgan fingerprint density at radius 3 is 2.76 bits per heavy atom. The van der Waals surface area contributed by atoms with Crippen LogP contribution in [0, 0.1) is 17.2 Å². The van der Waals surface area contributed by atoms with Gasteiger partial charge in [-0.1, -0.05) is 12.1 Å². The molecule has 1 aliphatic carbocycles. The van der Waals surface area contributed by atoms with Crippen LogP contribution in [0.15, 0.2) is 36.7 Å². The summed E-state index contributed by atoms with van der Waals surface area (Å²) in [6, 6.07) is 10.8. The standard InChI is InChI=1S/C24H27N7O2/c25-9-6-24(31-15-19(21(26)32)22(29-31)28-23(33)18-3-4-18)7-11-30(12-8-24)14-16-1-2-17-5-10-27-20(17)13-16/h1-2,5,10,13,15,18,27H,3-4,6-8,11-12,14H2,(H2,26,32)(H,28,29,33). The molecule has 9 nitrogen and oxygen atoms in total. The zero-order chi connectivity index (χ0) is 23.0. The van der Waals surface area contributed by atoms with Crippen LogP contribution in [0.4, 0.5) is 5.82 Å². The molecule has 3 heterocycles. The number of likely N-dealkylation sites (tertiary alicyclic amines) is 1. The van der Waals surface area contributed by atoms with Gasteiger partial charge in [-0.2, -0.15) is 10.4 Å². The van der Waals surface area contributed by atoms with Crippen molar-refractivity contribution in [1.29, 1.82) is 5.26 Å². The number of nitrogens with two attached hydrogens (primary N) is 1. The van der Waals surface area contributed by atoms with Crippen molar-refractivity contribution in [3.8, 4) is 6.07 Å². The van der Waals surface area contributed by atoms with Gasteiger partial charge in [-0.05, 0) is 48.8 Å². The number of benzene rings is 1. The Hall–Kier alpha value is -3.64. The molecule has 0 spiro atoms. The number of nitrogens with one attached hydrogen (secondary N) is 2. The second-order valence-electron chi connectivity index (χ2n) is 9.20. The summed E-state index contributed by atoms with van der Waals surface area (Å²) in [6.45, 7) is 2.41. The summed E-state index contributed by atoms with van der Waals surface area (Å²) in [7, 11) is 0. The van der Waals surface area contributed by atoms with Gasteiger partial charge in [0.25, 0.3) is 5.91 Å². The fourth-order valence-electron chi connectivity index (χ4n) is 4.67. The number of fused-ring (bicyclic) bond motifs is 1. The predicted octanol–water partition coefficient (Wildman–Crippen LogP) is 2.72. The van der Waals surface area contributed by atoms with Gasteiger partial charge in [-0.3, -0.25) is 19.2 Å². The number of anilines is 1. The zero-order valence-corrected chi connectivity index (χ0v) is 18.4. The lowest BCUT2D eigenvalue weighted by atomic mass is 9.84. The van der Waals surface area contributed by atoms with Crippen molar-refractivity contribution in [2.75, 3.05) is 18.4 Å². The van der Waals surface area contributed by atoms with Gasteiger partial charge in [0.15, 0.2) is 5.82 Å².